The van der Waals surface area contributed by atoms with Crippen molar-refractivity contribution in [2.45, 2.75) is 32.7 Å². The molecule has 1 rings (SSSR count). The van der Waals surface area contributed by atoms with Gasteiger partial charge in [-0.25, -0.2) is 4.39 Å². The molecule has 114 valence electrons. The number of carbonyl (C=O) groups excluding carboxylic acids is 1. The fourth-order valence-electron chi connectivity index (χ4n) is 1.90. The van der Waals surface area contributed by atoms with Gasteiger partial charge in [0.05, 0.1) is 10.9 Å². The molecule has 1 atom stereocenters. The molecule has 3 nitrogen and oxygen atoms in total. The van der Waals surface area contributed by atoms with Crippen molar-refractivity contribution in [1.29, 1.82) is 0 Å². The monoisotopic (exact) mass is 366 g/mol. The summed E-state index contributed by atoms with van der Waals surface area (Å²) in [6.07, 6.45) is 1.09. The van der Waals surface area contributed by atoms with E-state index in [9.17, 15) is 9.18 Å². The molecule has 0 spiro atoms. The predicted molar refractivity (Wildman–Crippen MR) is 85.5 cm³/mol. The van der Waals surface area contributed by atoms with E-state index in [0.717, 1.165) is 12.0 Å². The van der Waals surface area contributed by atoms with E-state index in [4.69, 9.17) is 5.73 Å². The molecule has 0 bridgehead atoms. The summed E-state index contributed by atoms with van der Waals surface area (Å²) in [4.78, 5) is 11.9. The molecule has 0 saturated carbocycles. The predicted octanol–water partition coefficient (Wildman–Crippen LogP) is 3.04. The number of hydrogen-bond acceptors (Lipinski definition) is 2. The van der Waals surface area contributed by atoms with Crippen LogP contribution in [0, 0.1) is 11.7 Å². The van der Waals surface area contributed by atoms with Crippen molar-refractivity contribution < 1.29 is 9.18 Å². The lowest BCUT2D eigenvalue weighted by molar-refractivity contribution is -0.121. The Hall–Kier alpha value is -0.650. The van der Waals surface area contributed by atoms with Crippen molar-refractivity contribution in [3.05, 3.63) is 34.1 Å². The number of amides is 1. The topological polar surface area (TPSA) is 55.1 Å². The first kappa shape index (κ1) is 19.4. The smallest absolute Gasteiger partial charge is 0.224 e. The third-order valence-corrected chi connectivity index (χ3v) is 3.36. The summed E-state index contributed by atoms with van der Waals surface area (Å²) in [5.41, 5.74) is 6.40. The number of hydrogen-bond donors (Lipinski definition) is 2. The molecule has 1 amide bonds. The standard InChI is InChI=1S/C14H20BrFN2O.ClH/c1-9(2)5-11(8-17)18-14(19)7-10-3-4-13(16)12(15)6-10;/h3-4,6,9,11H,5,7-8,17H2,1-2H3,(H,18,19);1H. The summed E-state index contributed by atoms with van der Waals surface area (Å²) >= 11 is 3.11. The van der Waals surface area contributed by atoms with Gasteiger partial charge in [-0.1, -0.05) is 19.9 Å². The van der Waals surface area contributed by atoms with Crippen molar-refractivity contribution in [1.82, 2.24) is 5.32 Å². The Labute approximate surface area is 134 Å². The van der Waals surface area contributed by atoms with Gasteiger partial charge in [0.1, 0.15) is 5.82 Å². The summed E-state index contributed by atoms with van der Waals surface area (Å²) in [6.45, 7) is 4.61. The van der Waals surface area contributed by atoms with E-state index in [1.807, 2.05) is 0 Å². The average Bonchev–Trinajstić information content (AvgIpc) is 2.32. The Morgan fingerprint density at radius 3 is 2.60 bits per heavy atom. The highest BCUT2D eigenvalue weighted by Crippen LogP contribution is 2.17. The van der Waals surface area contributed by atoms with Crippen LogP contribution < -0.4 is 11.1 Å². The Kier molecular flexibility index (Phi) is 9.01. The van der Waals surface area contributed by atoms with Gasteiger partial charge < -0.3 is 11.1 Å². The number of rotatable bonds is 6. The quantitative estimate of drug-likeness (QED) is 0.812. The Balaban J connectivity index is 0.00000361. The normalized spacial score (nSPS) is 11.9. The van der Waals surface area contributed by atoms with Crippen molar-refractivity contribution in [2.24, 2.45) is 11.7 Å². The number of halogens is 3. The first-order valence-electron chi connectivity index (χ1n) is 6.35. The van der Waals surface area contributed by atoms with Crippen LogP contribution in [0.15, 0.2) is 22.7 Å². The molecule has 20 heavy (non-hydrogen) atoms. The molecule has 3 N–H and O–H groups in total. The van der Waals surface area contributed by atoms with Gasteiger partial charge in [-0.05, 0) is 46.0 Å². The number of nitrogens with one attached hydrogen (secondary N) is 1. The maximum atomic E-state index is 13.1. The Morgan fingerprint density at radius 2 is 2.10 bits per heavy atom. The van der Waals surface area contributed by atoms with Crippen LogP contribution in [-0.4, -0.2) is 18.5 Å². The van der Waals surface area contributed by atoms with E-state index in [-0.39, 0.29) is 36.6 Å². The Bertz CT molecular complexity index is 443. The van der Waals surface area contributed by atoms with Crippen LogP contribution in [0.4, 0.5) is 4.39 Å². The number of benzene rings is 1. The van der Waals surface area contributed by atoms with Crippen LogP contribution in [0.3, 0.4) is 0 Å². The van der Waals surface area contributed by atoms with Crippen LogP contribution in [0.25, 0.3) is 0 Å². The van der Waals surface area contributed by atoms with E-state index in [2.05, 4.69) is 35.1 Å². The van der Waals surface area contributed by atoms with Crippen molar-refractivity contribution >= 4 is 34.2 Å². The van der Waals surface area contributed by atoms with Gasteiger partial charge in [-0.15, -0.1) is 12.4 Å². The number of carbonyl (C=O) groups is 1. The van der Waals surface area contributed by atoms with E-state index in [1.54, 1.807) is 12.1 Å². The van der Waals surface area contributed by atoms with Gasteiger partial charge in [0.25, 0.3) is 0 Å². The molecule has 0 heterocycles. The summed E-state index contributed by atoms with van der Waals surface area (Å²) in [5.74, 6) is 0.0622. The van der Waals surface area contributed by atoms with E-state index in [0.29, 0.717) is 16.9 Å². The molecular formula is C14H21BrClFN2O. The van der Waals surface area contributed by atoms with E-state index >= 15 is 0 Å². The van der Waals surface area contributed by atoms with Gasteiger partial charge >= 0.3 is 0 Å². The van der Waals surface area contributed by atoms with Crippen LogP contribution in [0.5, 0.6) is 0 Å². The van der Waals surface area contributed by atoms with Crippen molar-refractivity contribution in [3.63, 3.8) is 0 Å². The van der Waals surface area contributed by atoms with E-state index in [1.165, 1.54) is 6.07 Å². The van der Waals surface area contributed by atoms with Crippen LogP contribution in [-0.2, 0) is 11.2 Å². The van der Waals surface area contributed by atoms with Crippen molar-refractivity contribution in [2.75, 3.05) is 6.54 Å². The largest absolute Gasteiger partial charge is 0.352 e. The molecule has 0 aliphatic heterocycles. The average molecular weight is 368 g/mol. The SMILES string of the molecule is CC(C)CC(CN)NC(=O)Cc1ccc(F)c(Br)c1.Cl. The third-order valence-electron chi connectivity index (χ3n) is 2.75. The highest BCUT2D eigenvalue weighted by molar-refractivity contribution is 9.10. The van der Waals surface area contributed by atoms with Crippen LogP contribution in [0.1, 0.15) is 25.8 Å². The minimum Gasteiger partial charge on any atom is -0.352 e. The molecule has 0 fully saturated rings. The molecule has 0 aliphatic rings. The van der Waals surface area contributed by atoms with Gasteiger partial charge in [0.2, 0.25) is 5.91 Å². The number of nitrogens with two attached hydrogens (primary N) is 1. The first-order chi connectivity index (χ1) is 8.92. The first-order valence-corrected chi connectivity index (χ1v) is 7.15. The minimum absolute atomic E-state index is 0. The second kappa shape index (κ2) is 9.32. The van der Waals surface area contributed by atoms with Gasteiger partial charge in [-0.3, -0.25) is 4.79 Å². The van der Waals surface area contributed by atoms with Gasteiger partial charge in [0, 0.05) is 12.6 Å². The summed E-state index contributed by atoms with van der Waals surface area (Å²) in [5, 5.41) is 2.91. The molecule has 0 saturated heterocycles. The molecular weight excluding hydrogens is 347 g/mol. The zero-order valence-electron chi connectivity index (χ0n) is 11.7. The molecule has 0 radical (unpaired) electrons. The second-order valence-corrected chi connectivity index (χ2v) is 5.91. The lowest BCUT2D eigenvalue weighted by Crippen LogP contribution is -2.41. The third kappa shape index (κ3) is 6.68. The fraction of sp³-hybridized carbons (Fsp3) is 0.500. The van der Waals surface area contributed by atoms with Crippen molar-refractivity contribution in [3.8, 4) is 0 Å². The molecule has 0 aromatic heterocycles. The van der Waals surface area contributed by atoms with Gasteiger partial charge in [-0.2, -0.15) is 0 Å². The minimum atomic E-state index is -0.330. The molecule has 0 aliphatic carbocycles. The van der Waals surface area contributed by atoms with Crippen LogP contribution >= 0.6 is 28.3 Å². The Morgan fingerprint density at radius 1 is 1.45 bits per heavy atom. The maximum absolute atomic E-state index is 13.1. The lowest BCUT2D eigenvalue weighted by Gasteiger charge is -2.18. The lowest BCUT2D eigenvalue weighted by atomic mass is 10.0. The fourth-order valence-corrected chi connectivity index (χ4v) is 2.32. The molecule has 1 aromatic carbocycles. The highest BCUT2D eigenvalue weighted by Gasteiger charge is 2.13. The van der Waals surface area contributed by atoms with Gasteiger partial charge in [0.15, 0.2) is 0 Å². The summed E-state index contributed by atoms with van der Waals surface area (Å²) in [6, 6.07) is 4.58. The summed E-state index contributed by atoms with van der Waals surface area (Å²) in [7, 11) is 0. The molecule has 1 aromatic rings. The molecule has 6 heteroatoms. The van der Waals surface area contributed by atoms with Crippen LogP contribution in [0.2, 0.25) is 0 Å². The highest BCUT2D eigenvalue weighted by atomic mass is 79.9. The van der Waals surface area contributed by atoms with E-state index < -0.39 is 0 Å². The second-order valence-electron chi connectivity index (χ2n) is 5.05. The molecule has 1 unspecified atom stereocenters. The zero-order chi connectivity index (χ0) is 14.4. The zero-order valence-corrected chi connectivity index (χ0v) is 14.1. The maximum Gasteiger partial charge on any atom is 0.224 e. The summed E-state index contributed by atoms with van der Waals surface area (Å²) < 4.78 is 13.5.